The first kappa shape index (κ1) is 10.1. The van der Waals surface area contributed by atoms with Gasteiger partial charge in [0.1, 0.15) is 0 Å². The predicted octanol–water partition coefficient (Wildman–Crippen LogP) is 3.78. The molecule has 2 fully saturated rings. The summed E-state index contributed by atoms with van der Waals surface area (Å²) < 4.78 is 19.2. The average Bonchev–Trinajstić information content (AvgIpc) is 2.62. The lowest BCUT2D eigenvalue weighted by atomic mass is 9.87. The van der Waals surface area contributed by atoms with Gasteiger partial charge in [-0.05, 0) is 43.2 Å². The molecule has 3 atom stereocenters. The highest BCUT2D eigenvalue weighted by Crippen LogP contribution is 2.43. The Balaban J connectivity index is 1.69. The van der Waals surface area contributed by atoms with Crippen molar-refractivity contribution in [2.45, 2.75) is 38.2 Å². The number of ether oxygens (including phenoxy) is 1. The maximum atomic E-state index is 13.4. The second-order valence-electron chi connectivity index (χ2n) is 5.19. The molecule has 0 spiro atoms. The summed E-state index contributed by atoms with van der Waals surface area (Å²) in [6.45, 7) is 0. The minimum Gasteiger partial charge on any atom is -0.487 e. The second-order valence-corrected chi connectivity index (χ2v) is 5.19. The largest absolute Gasteiger partial charge is 0.487 e. The first-order valence-corrected chi connectivity index (χ1v) is 6.22. The highest BCUT2D eigenvalue weighted by molar-refractivity contribution is 5.24. The van der Waals surface area contributed by atoms with E-state index in [4.69, 9.17) is 4.74 Å². The van der Waals surface area contributed by atoms with Crippen LogP contribution in [0.4, 0.5) is 4.39 Å². The first-order chi connectivity index (χ1) is 7.81. The Hall–Kier alpha value is -1.05. The van der Waals surface area contributed by atoms with Gasteiger partial charge in [0.25, 0.3) is 0 Å². The molecular formula is C14H17FO. The van der Waals surface area contributed by atoms with Crippen molar-refractivity contribution in [3.63, 3.8) is 0 Å². The van der Waals surface area contributed by atoms with E-state index < -0.39 is 0 Å². The zero-order valence-corrected chi connectivity index (χ0v) is 9.36. The fraction of sp³-hybridized carbons (Fsp3) is 0.571. The van der Waals surface area contributed by atoms with Gasteiger partial charge in [0.05, 0.1) is 6.10 Å². The lowest BCUT2D eigenvalue weighted by Crippen LogP contribution is -2.26. The number of rotatable bonds is 2. The molecule has 16 heavy (non-hydrogen) atoms. The van der Waals surface area contributed by atoms with E-state index in [2.05, 4.69) is 0 Å². The van der Waals surface area contributed by atoms with Gasteiger partial charge in [-0.3, -0.25) is 0 Å². The highest BCUT2D eigenvalue weighted by atomic mass is 19.1. The summed E-state index contributed by atoms with van der Waals surface area (Å²) in [6.07, 6.45) is 6.54. The molecule has 1 aromatic rings. The summed E-state index contributed by atoms with van der Waals surface area (Å²) in [5, 5.41) is 0. The lowest BCUT2D eigenvalue weighted by Gasteiger charge is -2.28. The first-order valence-electron chi connectivity index (χ1n) is 6.22. The van der Waals surface area contributed by atoms with Gasteiger partial charge in [-0.15, -0.1) is 0 Å². The van der Waals surface area contributed by atoms with Crippen LogP contribution in [0.25, 0.3) is 0 Å². The molecule has 2 bridgehead atoms. The molecule has 0 aliphatic heterocycles. The van der Waals surface area contributed by atoms with Crippen LogP contribution in [-0.4, -0.2) is 6.10 Å². The van der Waals surface area contributed by atoms with Gasteiger partial charge in [0.15, 0.2) is 11.6 Å². The summed E-state index contributed by atoms with van der Waals surface area (Å²) in [5.41, 5.74) is 0. The molecule has 3 rings (SSSR count). The maximum Gasteiger partial charge on any atom is 0.165 e. The molecule has 0 N–H and O–H groups in total. The van der Waals surface area contributed by atoms with Gasteiger partial charge >= 0.3 is 0 Å². The third-order valence-corrected chi connectivity index (χ3v) is 3.97. The molecule has 2 saturated carbocycles. The monoisotopic (exact) mass is 220 g/mol. The van der Waals surface area contributed by atoms with Crippen molar-refractivity contribution in [2.24, 2.45) is 11.8 Å². The zero-order valence-electron chi connectivity index (χ0n) is 9.36. The van der Waals surface area contributed by atoms with E-state index in [0.29, 0.717) is 5.75 Å². The summed E-state index contributed by atoms with van der Waals surface area (Å²) in [4.78, 5) is 0. The molecule has 1 aromatic carbocycles. The van der Waals surface area contributed by atoms with Crippen LogP contribution in [0.1, 0.15) is 32.1 Å². The van der Waals surface area contributed by atoms with Gasteiger partial charge in [-0.2, -0.15) is 0 Å². The van der Waals surface area contributed by atoms with Crippen LogP contribution < -0.4 is 4.74 Å². The highest BCUT2D eigenvalue weighted by Gasteiger charge is 2.35. The fourth-order valence-electron chi connectivity index (χ4n) is 3.26. The SMILES string of the molecule is Fc1ccccc1OC1C[C@H]2CC[C@@H](C1)C2. The molecule has 2 aliphatic rings. The van der Waals surface area contributed by atoms with Crippen LogP contribution >= 0.6 is 0 Å². The molecule has 0 heterocycles. The second kappa shape index (κ2) is 4.08. The van der Waals surface area contributed by atoms with E-state index in [0.717, 1.165) is 24.7 Å². The molecule has 0 amide bonds. The van der Waals surface area contributed by atoms with Crippen molar-refractivity contribution in [3.8, 4) is 5.75 Å². The molecule has 2 aliphatic carbocycles. The Labute approximate surface area is 95.6 Å². The number of halogens is 1. The van der Waals surface area contributed by atoms with Crippen LogP contribution in [0.5, 0.6) is 5.75 Å². The van der Waals surface area contributed by atoms with Crippen molar-refractivity contribution in [1.82, 2.24) is 0 Å². The number of hydrogen-bond donors (Lipinski definition) is 0. The molecule has 0 saturated heterocycles. The Morgan fingerprint density at radius 1 is 1.00 bits per heavy atom. The Bertz CT molecular complexity index is 365. The minimum absolute atomic E-state index is 0.236. The molecule has 1 unspecified atom stereocenters. The number of para-hydroxylation sites is 1. The van der Waals surface area contributed by atoms with Crippen LogP contribution in [0.15, 0.2) is 24.3 Å². The third-order valence-electron chi connectivity index (χ3n) is 3.97. The topological polar surface area (TPSA) is 9.23 Å². The number of hydrogen-bond acceptors (Lipinski definition) is 1. The number of fused-ring (bicyclic) bond motifs is 2. The van der Waals surface area contributed by atoms with Crippen LogP contribution in [0, 0.1) is 17.7 Å². The van der Waals surface area contributed by atoms with Crippen molar-refractivity contribution < 1.29 is 9.13 Å². The number of benzene rings is 1. The van der Waals surface area contributed by atoms with Crippen molar-refractivity contribution in [3.05, 3.63) is 30.1 Å². The molecule has 1 nitrogen and oxygen atoms in total. The van der Waals surface area contributed by atoms with Crippen molar-refractivity contribution >= 4 is 0 Å². The van der Waals surface area contributed by atoms with Crippen molar-refractivity contribution in [1.29, 1.82) is 0 Å². The Morgan fingerprint density at radius 3 is 2.38 bits per heavy atom. The van der Waals surface area contributed by atoms with E-state index in [1.54, 1.807) is 12.1 Å². The maximum absolute atomic E-state index is 13.4. The molecule has 2 heteroatoms. The average molecular weight is 220 g/mol. The minimum atomic E-state index is -0.236. The van der Waals surface area contributed by atoms with E-state index in [1.807, 2.05) is 6.07 Å². The van der Waals surface area contributed by atoms with Gasteiger partial charge in [0.2, 0.25) is 0 Å². The van der Waals surface area contributed by atoms with Crippen LogP contribution in [-0.2, 0) is 0 Å². The quantitative estimate of drug-likeness (QED) is 0.737. The van der Waals surface area contributed by atoms with Gasteiger partial charge in [-0.1, -0.05) is 25.0 Å². The van der Waals surface area contributed by atoms with Gasteiger partial charge in [0, 0.05) is 0 Å². The van der Waals surface area contributed by atoms with E-state index >= 15 is 0 Å². The van der Waals surface area contributed by atoms with Crippen LogP contribution in [0.3, 0.4) is 0 Å². The smallest absolute Gasteiger partial charge is 0.165 e. The molecule has 0 aromatic heterocycles. The van der Waals surface area contributed by atoms with Crippen LogP contribution in [0.2, 0.25) is 0 Å². The lowest BCUT2D eigenvalue weighted by molar-refractivity contribution is 0.114. The Morgan fingerprint density at radius 2 is 1.69 bits per heavy atom. The fourth-order valence-corrected chi connectivity index (χ4v) is 3.26. The summed E-state index contributed by atoms with van der Waals surface area (Å²) in [7, 11) is 0. The van der Waals surface area contributed by atoms with E-state index in [1.165, 1.54) is 25.3 Å². The third kappa shape index (κ3) is 1.93. The molecular weight excluding hydrogens is 203 g/mol. The van der Waals surface area contributed by atoms with Gasteiger partial charge in [-0.25, -0.2) is 4.39 Å². The normalized spacial score (nSPS) is 32.7. The standard InChI is InChI=1S/C14H17FO/c15-13-3-1-2-4-14(13)16-12-8-10-5-6-11(7-10)9-12/h1-4,10-12H,5-9H2/t10-,11+,12?. The van der Waals surface area contributed by atoms with E-state index in [9.17, 15) is 4.39 Å². The molecule has 86 valence electrons. The summed E-state index contributed by atoms with van der Waals surface area (Å²) in [6, 6.07) is 6.72. The Kier molecular flexibility index (Phi) is 2.58. The van der Waals surface area contributed by atoms with Crippen molar-refractivity contribution in [2.75, 3.05) is 0 Å². The molecule has 0 radical (unpaired) electrons. The van der Waals surface area contributed by atoms with E-state index in [-0.39, 0.29) is 11.9 Å². The summed E-state index contributed by atoms with van der Waals surface area (Å²) in [5.74, 6) is 1.85. The van der Waals surface area contributed by atoms with Gasteiger partial charge < -0.3 is 4.74 Å². The zero-order chi connectivity index (χ0) is 11.0. The predicted molar refractivity (Wildman–Crippen MR) is 60.9 cm³/mol. The summed E-state index contributed by atoms with van der Waals surface area (Å²) >= 11 is 0.